The smallest absolute Gasteiger partial charge is 0.127 e. The van der Waals surface area contributed by atoms with Gasteiger partial charge >= 0.3 is 0 Å². The van der Waals surface area contributed by atoms with Crippen LogP contribution in [0.3, 0.4) is 0 Å². The van der Waals surface area contributed by atoms with E-state index in [-0.39, 0.29) is 11.2 Å². The van der Waals surface area contributed by atoms with Gasteiger partial charge in [0.15, 0.2) is 0 Å². The molecule has 0 saturated heterocycles. The Morgan fingerprint density at radius 1 is 1.47 bits per heavy atom. The molecule has 1 rings (SSSR count). The molecular weight excluding hydrogens is 277 g/mol. The molecular formula is C11H15BrFNS. The maximum Gasteiger partial charge on any atom is 0.127 e. The van der Waals surface area contributed by atoms with Crippen LogP contribution in [0.4, 0.5) is 4.39 Å². The summed E-state index contributed by atoms with van der Waals surface area (Å²) >= 11 is 7.43. The van der Waals surface area contributed by atoms with Crippen LogP contribution in [0.5, 0.6) is 0 Å². The second-order valence-corrected chi connectivity index (χ2v) is 5.32. The zero-order chi connectivity index (χ0) is 11.5. The first-order valence-electron chi connectivity index (χ1n) is 4.74. The largest absolute Gasteiger partial charge is 0.307 e. The summed E-state index contributed by atoms with van der Waals surface area (Å²) in [6, 6.07) is 5.03. The maximum absolute atomic E-state index is 13.6. The van der Waals surface area contributed by atoms with E-state index in [0.29, 0.717) is 18.0 Å². The van der Waals surface area contributed by atoms with Gasteiger partial charge in [-0.3, -0.25) is 0 Å². The zero-order valence-electron chi connectivity index (χ0n) is 8.85. The number of thiol groups is 1. The lowest BCUT2D eigenvalue weighted by atomic mass is 9.84. The quantitative estimate of drug-likeness (QED) is 0.640. The Balaban J connectivity index is 2.97. The van der Waals surface area contributed by atoms with Gasteiger partial charge in [0.05, 0.1) is 0 Å². The molecule has 0 atom stereocenters. The Bertz CT molecular complexity index is 341. The Hall–Kier alpha value is -0.0600. The topological polar surface area (TPSA) is 12.0 Å². The van der Waals surface area contributed by atoms with Crippen molar-refractivity contribution in [1.82, 2.24) is 5.32 Å². The Labute approximate surface area is 104 Å². The predicted molar refractivity (Wildman–Crippen MR) is 69.0 cm³/mol. The summed E-state index contributed by atoms with van der Waals surface area (Å²) < 4.78 is 14.5. The minimum atomic E-state index is -0.239. The van der Waals surface area contributed by atoms with Crippen LogP contribution in [-0.2, 0) is 5.41 Å². The first kappa shape index (κ1) is 13.0. The van der Waals surface area contributed by atoms with E-state index in [9.17, 15) is 4.39 Å². The average Bonchev–Trinajstić information content (AvgIpc) is 2.18. The van der Waals surface area contributed by atoms with Crippen molar-refractivity contribution in [2.24, 2.45) is 0 Å². The van der Waals surface area contributed by atoms with Gasteiger partial charge in [-0.15, -0.1) is 0 Å². The van der Waals surface area contributed by atoms with E-state index in [4.69, 9.17) is 0 Å². The predicted octanol–water partition coefficient (Wildman–Crippen LogP) is 3.34. The van der Waals surface area contributed by atoms with Crippen molar-refractivity contribution >= 4 is 28.6 Å². The summed E-state index contributed by atoms with van der Waals surface area (Å²) in [7, 11) is 0. The molecule has 15 heavy (non-hydrogen) atoms. The van der Waals surface area contributed by atoms with E-state index in [2.05, 4.69) is 33.9 Å². The summed E-state index contributed by atoms with van der Waals surface area (Å²) in [5.41, 5.74) is 0.475. The van der Waals surface area contributed by atoms with Gasteiger partial charge in [0.2, 0.25) is 0 Å². The highest BCUT2D eigenvalue weighted by atomic mass is 79.9. The van der Waals surface area contributed by atoms with Crippen LogP contribution in [0.25, 0.3) is 0 Å². The van der Waals surface area contributed by atoms with Gasteiger partial charge in [0.25, 0.3) is 0 Å². The van der Waals surface area contributed by atoms with Gasteiger partial charge in [-0.05, 0) is 23.8 Å². The third-order valence-corrected chi connectivity index (χ3v) is 3.05. The first-order valence-corrected chi connectivity index (χ1v) is 6.17. The molecule has 0 heterocycles. The number of hydrogen-bond donors (Lipinski definition) is 2. The van der Waals surface area contributed by atoms with Crippen LogP contribution in [0, 0.1) is 5.82 Å². The summed E-state index contributed by atoms with van der Waals surface area (Å²) in [6.45, 7) is 4.71. The fourth-order valence-corrected chi connectivity index (χ4v) is 1.95. The SMILES string of the molecule is CC(C)(CNCS)c1cc(Br)ccc1F. The second-order valence-electron chi connectivity index (χ2n) is 4.09. The lowest BCUT2D eigenvalue weighted by Crippen LogP contribution is -2.33. The van der Waals surface area contributed by atoms with Crippen molar-refractivity contribution in [2.45, 2.75) is 19.3 Å². The maximum atomic E-state index is 13.6. The minimum absolute atomic E-state index is 0.163. The van der Waals surface area contributed by atoms with Crippen molar-refractivity contribution in [2.75, 3.05) is 12.4 Å². The fourth-order valence-electron chi connectivity index (χ4n) is 1.48. The van der Waals surface area contributed by atoms with Crippen LogP contribution < -0.4 is 5.32 Å². The number of hydrogen-bond acceptors (Lipinski definition) is 2. The molecule has 0 aromatic heterocycles. The van der Waals surface area contributed by atoms with Crippen LogP contribution in [0.15, 0.2) is 22.7 Å². The van der Waals surface area contributed by atoms with Crippen molar-refractivity contribution in [3.8, 4) is 0 Å². The molecule has 0 fully saturated rings. The average molecular weight is 292 g/mol. The van der Waals surface area contributed by atoms with Gasteiger partial charge in [-0.2, -0.15) is 12.6 Å². The summed E-state index contributed by atoms with van der Waals surface area (Å²) in [5, 5.41) is 3.12. The number of rotatable bonds is 4. The molecule has 1 aromatic carbocycles. The number of nitrogens with one attached hydrogen (secondary N) is 1. The molecule has 84 valence electrons. The molecule has 0 radical (unpaired) electrons. The van der Waals surface area contributed by atoms with Crippen LogP contribution in [0.1, 0.15) is 19.4 Å². The molecule has 0 aliphatic heterocycles. The molecule has 0 aliphatic carbocycles. The molecule has 0 saturated carbocycles. The van der Waals surface area contributed by atoms with E-state index in [1.54, 1.807) is 6.07 Å². The first-order chi connectivity index (χ1) is 6.97. The lowest BCUT2D eigenvalue weighted by molar-refractivity contribution is 0.459. The minimum Gasteiger partial charge on any atom is -0.307 e. The highest BCUT2D eigenvalue weighted by Crippen LogP contribution is 2.27. The number of halogens is 2. The van der Waals surface area contributed by atoms with Crippen LogP contribution in [-0.4, -0.2) is 12.4 Å². The van der Waals surface area contributed by atoms with Crippen molar-refractivity contribution < 1.29 is 4.39 Å². The highest BCUT2D eigenvalue weighted by molar-refractivity contribution is 9.10. The van der Waals surface area contributed by atoms with E-state index >= 15 is 0 Å². The summed E-state index contributed by atoms with van der Waals surface area (Å²) in [5.74, 6) is 0.433. The Morgan fingerprint density at radius 2 is 2.13 bits per heavy atom. The van der Waals surface area contributed by atoms with Gasteiger partial charge in [0.1, 0.15) is 5.82 Å². The molecule has 0 spiro atoms. The van der Waals surface area contributed by atoms with Crippen molar-refractivity contribution in [3.05, 3.63) is 34.1 Å². The molecule has 0 amide bonds. The second kappa shape index (κ2) is 5.32. The molecule has 1 N–H and O–H groups in total. The van der Waals surface area contributed by atoms with Gasteiger partial charge in [-0.1, -0.05) is 29.8 Å². The van der Waals surface area contributed by atoms with E-state index in [1.807, 2.05) is 19.9 Å². The van der Waals surface area contributed by atoms with Crippen LogP contribution >= 0.6 is 28.6 Å². The molecule has 0 aliphatic rings. The van der Waals surface area contributed by atoms with E-state index < -0.39 is 0 Å². The zero-order valence-corrected chi connectivity index (χ0v) is 11.3. The fraction of sp³-hybridized carbons (Fsp3) is 0.455. The van der Waals surface area contributed by atoms with Gasteiger partial charge in [-0.25, -0.2) is 4.39 Å². The standard InChI is InChI=1S/C11H15BrFNS/c1-11(2,6-14-7-15)9-5-8(12)3-4-10(9)13/h3-5,14-15H,6-7H2,1-2H3. The lowest BCUT2D eigenvalue weighted by Gasteiger charge is -2.26. The third kappa shape index (κ3) is 3.47. The molecule has 0 bridgehead atoms. The van der Waals surface area contributed by atoms with Gasteiger partial charge in [0, 0.05) is 22.3 Å². The normalized spacial score (nSPS) is 11.8. The summed E-state index contributed by atoms with van der Waals surface area (Å²) in [6.07, 6.45) is 0. The third-order valence-electron chi connectivity index (χ3n) is 2.34. The Kier molecular flexibility index (Phi) is 4.62. The molecule has 0 unspecified atom stereocenters. The van der Waals surface area contributed by atoms with Crippen molar-refractivity contribution in [1.29, 1.82) is 0 Å². The van der Waals surface area contributed by atoms with E-state index in [1.165, 1.54) is 6.07 Å². The molecule has 4 heteroatoms. The van der Waals surface area contributed by atoms with E-state index in [0.717, 1.165) is 4.47 Å². The monoisotopic (exact) mass is 291 g/mol. The highest BCUT2D eigenvalue weighted by Gasteiger charge is 2.23. The number of benzene rings is 1. The van der Waals surface area contributed by atoms with Gasteiger partial charge < -0.3 is 5.32 Å². The molecule has 1 aromatic rings. The van der Waals surface area contributed by atoms with Crippen molar-refractivity contribution in [3.63, 3.8) is 0 Å². The molecule has 1 nitrogen and oxygen atoms in total. The Morgan fingerprint density at radius 3 is 2.73 bits per heavy atom. The summed E-state index contributed by atoms with van der Waals surface area (Å²) in [4.78, 5) is 0. The van der Waals surface area contributed by atoms with Crippen LogP contribution in [0.2, 0.25) is 0 Å².